The summed E-state index contributed by atoms with van der Waals surface area (Å²) in [7, 11) is 0. The molecule has 2 aliphatic rings. The van der Waals surface area contributed by atoms with E-state index < -0.39 is 0 Å². The third-order valence-electron chi connectivity index (χ3n) is 4.17. The highest BCUT2D eigenvalue weighted by Crippen LogP contribution is 2.25. The molecule has 24 heavy (non-hydrogen) atoms. The first-order valence-electron chi connectivity index (χ1n) is 8.58. The van der Waals surface area contributed by atoms with E-state index in [9.17, 15) is 4.79 Å². The molecule has 1 unspecified atom stereocenters. The van der Waals surface area contributed by atoms with E-state index in [1.165, 1.54) is 0 Å². The zero-order valence-electron chi connectivity index (χ0n) is 14.1. The van der Waals surface area contributed by atoms with Crippen LogP contribution in [0.2, 0.25) is 0 Å². The molecule has 130 valence electrons. The summed E-state index contributed by atoms with van der Waals surface area (Å²) >= 11 is 0. The Kier molecular flexibility index (Phi) is 5.82. The van der Waals surface area contributed by atoms with Gasteiger partial charge in [0.1, 0.15) is 6.67 Å². The molecule has 0 spiro atoms. The van der Waals surface area contributed by atoms with Gasteiger partial charge in [0.05, 0.1) is 13.2 Å². The van der Waals surface area contributed by atoms with Gasteiger partial charge in [-0.15, -0.1) is 0 Å². The topological polar surface area (TPSA) is 60.4 Å². The quantitative estimate of drug-likeness (QED) is 0.749. The molecule has 0 aromatic heterocycles. The maximum absolute atomic E-state index is 12.1. The number of hydrogen-bond acceptors (Lipinski definition) is 6. The van der Waals surface area contributed by atoms with Gasteiger partial charge >= 0.3 is 5.97 Å². The predicted octanol–water partition coefficient (Wildman–Crippen LogP) is 2.36. The number of esters is 1. The molecule has 2 heterocycles. The second-order valence-corrected chi connectivity index (χ2v) is 5.82. The molecule has 1 aromatic carbocycles. The lowest BCUT2D eigenvalue weighted by molar-refractivity contribution is -0.160. The van der Waals surface area contributed by atoms with E-state index in [1.807, 2.05) is 24.3 Å². The maximum Gasteiger partial charge on any atom is 0.357 e. The van der Waals surface area contributed by atoms with E-state index >= 15 is 0 Å². The molecular weight excluding hydrogens is 308 g/mol. The van der Waals surface area contributed by atoms with Crippen LogP contribution in [-0.2, 0) is 19.0 Å². The third kappa shape index (κ3) is 3.94. The van der Waals surface area contributed by atoms with Crippen molar-refractivity contribution in [1.29, 1.82) is 0 Å². The van der Waals surface area contributed by atoms with Crippen LogP contribution in [0.15, 0.2) is 29.3 Å². The Balaban J connectivity index is 1.63. The van der Waals surface area contributed by atoms with Gasteiger partial charge in [-0.05, 0) is 32.3 Å². The number of aliphatic imine (C=N–C) groups is 1. The van der Waals surface area contributed by atoms with Crippen LogP contribution in [0.1, 0.15) is 31.7 Å². The van der Waals surface area contributed by atoms with Crippen molar-refractivity contribution in [2.75, 3.05) is 37.9 Å². The van der Waals surface area contributed by atoms with E-state index in [0.717, 1.165) is 37.1 Å². The first kappa shape index (κ1) is 16.9. The normalized spacial score (nSPS) is 20.3. The summed E-state index contributed by atoms with van der Waals surface area (Å²) in [6.07, 6.45) is 3.15. The Bertz CT molecular complexity index is 596. The summed E-state index contributed by atoms with van der Waals surface area (Å²) < 4.78 is 16.5. The van der Waals surface area contributed by atoms with Crippen molar-refractivity contribution in [2.24, 2.45) is 4.99 Å². The van der Waals surface area contributed by atoms with Gasteiger partial charge in [0.15, 0.2) is 12.0 Å². The molecule has 6 nitrogen and oxygen atoms in total. The highest BCUT2D eigenvalue weighted by Gasteiger charge is 2.25. The van der Waals surface area contributed by atoms with E-state index in [-0.39, 0.29) is 12.3 Å². The number of hydrogen-bond donors (Lipinski definition) is 0. The van der Waals surface area contributed by atoms with Crippen LogP contribution in [0.5, 0.6) is 0 Å². The van der Waals surface area contributed by atoms with Gasteiger partial charge in [-0.2, -0.15) is 0 Å². The lowest BCUT2D eigenvalue weighted by Gasteiger charge is -2.30. The molecule has 2 aliphatic heterocycles. The number of rotatable bonds is 6. The molecule has 0 bridgehead atoms. The smallest absolute Gasteiger partial charge is 0.357 e. The number of nitrogens with zero attached hydrogens (tertiary/aromatic N) is 2. The summed E-state index contributed by atoms with van der Waals surface area (Å²) in [4.78, 5) is 18.6. The minimum Gasteiger partial charge on any atom is -0.461 e. The minimum absolute atomic E-state index is 0.0858. The molecular formula is C18H24N2O4. The van der Waals surface area contributed by atoms with Crippen LogP contribution in [0, 0.1) is 0 Å². The molecule has 0 saturated carbocycles. The SMILES string of the molecule is CCOC(=O)C1=NCN(CCOC2CCCCO2)c2ccccc21. The van der Waals surface area contributed by atoms with E-state index in [2.05, 4.69) is 9.89 Å². The predicted molar refractivity (Wildman–Crippen MR) is 91.4 cm³/mol. The number of benzene rings is 1. The molecule has 6 heteroatoms. The van der Waals surface area contributed by atoms with Crippen molar-refractivity contribution in [3.8, 4) is 0 Å². The van der Waals surface area contributed by atoms with Crippen LogP contribution in [0.3, 0.4) is 0 Å². The molecule has 1 aromatic rings. The lowest BCUT2D eigenvalue weighted by atomic mass is 10.1. The number of ether oxygens (including phenoxy) is 3. The molecule has 0 radical (unpaired) electrons. The lowest BCUT2D eigenvalue weighted by Crippen LogP contribution is -2.36. The van der Waals surface area contributed by atoms with Crippen LogP contribution >= 0.6 is 0 Å². The van der Waals surface area contributed by atoms with Crippen molar-refractivity contribution in [3.63, 3.8) is 0 Å². The van der Waals surface area contributed by atoms with Gasteiger partial charge in [0.2, 0.25) is 0 Å². The van der Waals surface area contributed by atoms with Crippen LogP contribution in [0.4, 0.5) is 5.69 Å². The van der Waals surface area contributed by atoms with Crippen LogP contribution in [-0.4, -0.2) is 51.0 Å². The zero-order valence-corrected chi connectivity index (χ0v) is 14.1. The average Bonchev–Trinajstić information content (AvgIpc) is 2.63. The summed E-state index contributed by atoms with van der Waals surface area (Å²) in [5.74, 6) is -0.364. The fraction of sp³-hybridized carbons (Fsp3) is 0.556. The highest BCUT2D eigenvalue weighted by atomic mass is 16.7. The third-order valence-corrected chi connectivity index (χ3v) is 4.17. The summed E-state index contributed by atoms with van der Waals surface area (Å²) in [6.45, 7) is 4.63. The van der Waals surface area contributed by atoms with Gasteiger partial charge in [-0.3, -0.25) is 4.99 Å². The molecule has 0 aliphatic carbocycles. The van der Waals surface area contributed by atoms with Crippen molar-refractivity contribution in [3.05, 3.63) is 29.8 Å². The van der Waals surface area contributed by atoms with Crippen molar-refractivity contribution < 1.29 is 19.0 Å². The Morgan fingerprint density at radius 3 is 3.04 bits per heavy atom. The minimum atomic E-state index is -0.364. The van der Waals surface area contributed by atoms with Gasteiger partial charge < -0.3 is 19.1 Å². The van der Waals surface area contributed by atoms with Gasteiger partial charge in [-0.25, -0.2) is 4.79 Å². The summed E-state index contributed by atoms with van der Waals surface area (Å²) in [5, 5.41) is 0. The Hall–Kier alpha value is -1.92. The second kappa shape index (κ2) is 8.26. The summed E-state index contributed by atoms with van der Waals surface area (Å²) in [5.41, 5.74) is 2.21. The first-order valence-corrected chi connectivity index (χ1v) is 8.58. The highest BCUT2D eigenvalue weighted by molar-refractivity contribution is 6.44. The molecule has 3 rings (SSSR count). The first-order chi connectivity index (χ1) is 11.8. The fourth-order valence-electron chi connectivity index (χ4n) is 2.97. The number of carbonyl (C=O) groups is 1. The molecule has 1 fully saturated rings. The van der Waals surface area contributed by atoms with Crippen molar-refractivity contribution >= 4 is 17.4 Å². The number of anilines is 1. The van der Waals surface area contributed by atoms with E-state index in [4.69, 9.17) is 14.2 Å². The summed E-state index contributed by atoms with van der Waals surface area (Å²) in [6, 6.07) is 7.77. The molecule has 1 atom stereocenters. The Morgan fingerprint density at radius 1 is 1.38 bits per heavy atom. The standard InChI is InChI=1S/C18H24N2O4/c1-2-22-18(21)17-14-7-3-4-8-15(14)20(13-19-17)10-12-24-16-9-5-6-11-23-16/h3-4,7-8,16H,2,5-6,9-13H2,1H3. The van der Waals surface area contributed by atoms with Gasteiger partial charge in [0.25, 0.3) is 0 Å². The largest absolute Gasteiger partial charge is 0.461 e. The number of para-hydroxylation sites is 1. The van der Waals surface area contributed by atoms with E-state index in [0.29, 0.717) is 32.1 Å². The van der Waals surface area contributed by atoms with Crippen molar-refractivity contribution in [2.45, 2.75) is 32.5 Å². The fourth-order valence-corrected chi connectivity index (χ4v) is 2.97. The average molecular weight is 332 g/mol. The molecule has 0 N–H and O–H groups in total. The molecule has 1 saturated heterocycles. The second-order valence-electron chi connectivity index (χ2n) is 5.82. The van der Waals surface area contributed by atoms with Gasteiger partial charge in [0, 0.05) is 24.4 Å². The number of carbonyl (C=O) groups excluding carboxylic acids is 1. The maximum atomic E-state index is 12.1. The van der Waals surface area contributed by atoms with Crippen LogP contribution < -0.4 is 4.90 Å². The van der Waals surface area contributed by atoms with Crippen molar-refractivity contribution in [1.82, 2.24) is 0 Å². The zero-order chi connectivity index (χ0) is 16.8. The van der Waals surface area contributed by atoms with E-state index in [1.54, 1.807) is 6.92 Å². The monoisotopic (exact) mass is 332 g/mol. The van der Waals surface area contributed by atoms with Gasteiger partial charge in [-0.1, -0.05) is 18.2 Å². The van der Waals surface area contributed by atoms with Crippen LogP contribution in [0.25, 0.3) is 0 Å². The Morgan fingerprint density at radius 2 is 2.25 bits per heavy atom. The Labute approximate surface area is 142 Å². The number of fused-ring (bicyclic) bond motifs is 1. The molecule has 0 amide bonds.